The van der Waals surface area contributed by atoms with Crippen LogP contribution in [0.4, 0.5) is 5.69 Å². The Kier molecular flexibility index (Phi) is 3.47. The molecule has 1 unspecified atom stereocenters. The van der Waals surface area contributed by atoms with Gasteiger partial charge in [0.2, 0.25) is 5.91 Å². The molecule has 1 aromatic heterocycles. The van der Waals surface area contributed by atoms with Gasteiger partial charge >= 0.3 is 0 Å². The summed E-state index contributed by atoms with van der Waals surface area (Å²) >= 11 is 13.7. The van der Waals surface area contributed by atoms with E-state index in [2.05, 4.69) is 33.5 Å². The van der Waals surface area contributed by atoms with Crippen LogP contribution in [0.15, 0.2) is 10.7 Å². The highest BCUT2D eigenvalue weighted by atomic mass is 79.9. The van der Waals surface area contributed by atoms with Gasteiger partial charge in [0.15, 0.2) is 5.15 Å². The Bertz CT molecular complexity index is 455. The summed E-state index contributed by atoms with van der Waals surface area (Å²) in [7, 11) is 0. The van der Waals surface area contributed by atoms with E-state index in [0.29, 0.717) is 23.8 Å². The van der Waals surface area contributed by atoms with Gasteiger partial charge in [-0.3, -0.25) is 4.79 Å². The molecule has 86 valence electrons. The molecule has 0 radical (unpaired) electrons. The number of carbonyl (C=O) groups excluding carboxylic acids is 1. The topological polar surface area (TPSA) is 33.2 Å². The van der Waals surface area contributed by atoms with E-state index in [1.54, 1.807) is 11.1 Å². The maximum absolute atomic E-state index is 11.8. The Balaban J connectivity index is 2.48. The molecule has 0 aromatic carbocycles. The average molecular weight is 322 g/mol. The zero-order valence-corrected chi connectivity index (χ0v) is 11.8. The number of thiol groups is 1. The van der Waals surface area contributed by atoms with E-state index >= 15 is 0 Å². The number of anilines is 1. The monoisotopic (exact) mass is 320 g/mol. The third-order valence-electron chi connectivity index (χ3n) is 2.57. The lowest BCUT2D eigenvalue weighted by atomic mass is 10.2. The molecule has 6 heteroatoms. The maximum Gasteiger partial charge on any atom is 0.228 e. The van der Waals surface area contributed by atoms with E-state index < -0.39 is 0 Å². The second kappa shape index (κ2) is 4.55. The summed E-state index contributed by atoms with van der Waals surface area (Å²) in [5.74, 6) is 0.0462. The molecule has 2 rings (SSSR count). The van der Waals surface area contributed by atoms with Crippen molar-refractivity contribution in [1.82, 2.24) is 4.98 Å². The number of pyridine rings is 1. The van der Waals surface area contributed by atoms with Crippen molar-refractivity contribution in [1.29, 1.82) is 0 Å². The molecule has 1 aliphatic heterocycles. The molecule has 2 heterocycles. The molecule has 0 bridgehead atoms. The maximum atomic E-state index is 11.8. The highest BCUT2D eigenvalue weighted by Gasteiger charge is 2.31. The van der Waals surface area contributed by atoms with Gasteiger partial charge in [0.25, 0.3) is 0 Å². The summed E-state index contributed by atoms with van der Waals surface area (Å²) < 4.78 is 0.849. The molecule has 1 fully saturated rings. The van der Waals surface area contributed by atoms with Crippen molar-refractivity contribution in [2.45, 2.75) is 18.6 Å². The molecule has 1 saturated heterocycles. The van der Waals surface area contributed by atoms with Gasteiger partial charge < -0.3 is 4.90 Å². The first-order valence-corrected chi connectivity index (χ1v) is 6.48. The van der Waals surface area contributed by atoms with Crippen molar-refractivity contribution in [2.75, 3.05) is 11.4 Å². The normalized spacial score (nSPS) is 20.6. The van der Waals surface area contributed by atoms with Crippen molar-refractivity contribution < 1.29 is 4.79 Å². The largest absolute Gasteiger partial charge is 0.308 e. The van der Waals surface area contributed by atoms with Crippen LogP contribution >= 0.6 is 40.2 Å². The molecule has 0 N–H and O–H groups in total. The van der Waals surface area contributed by atoms with Crippen molar-refractivity contribution in [3.63, 3.8) is 0 Å². The van der Waals surface area contributed by atoms with Crippen LogP contribution in [0.2, 0.25) is 5.15 Å². The molecular weight excluding hydrogens is 312 g/mol. The van der Waals surface area contributed by atoms with Crippen molar-refractivity contribution in [3.8, 4) is 0 Å². The van der Waals surface area contributed by atoms with Gasteiger partial charge in [-0.05, 0) is 28.4 Å². The molecule has 1 aromatic rings. The smallest absolute Gasteiger partial charge is 0.228 e. The van der Waals surface area contributed by atoms with E-state index in [-0.39, 0.29) is 11.2 Å². The summed E-state index contributed by atoms with van der Waals surface area (Å²) in [6.45, 7) is 2.49. The van der Waals surface area contributed by atoms with Gasteiger partial charge in [0, 0.05) is 28.9 Å². The second-order valence-electron chi connectivity index (χ2n) is 3.73. The first-order chi connectivity index (χ1) is 7.50. The van der Waals surface area contributed by atoms with Gasteiger partial charge in [-0.1, -0.05) is 11.6 Å². The fourth-order valence-electron chi connectivity index (χ4n) is 1.76. The van der Waals surface area contributed by atoms with Crippen LogP contribution in [0.25, 0.3) is 0 Å². The van der Waals surface area contributed by atoms with Crippen molar-refractivity contribution in [2.24, 2.45) is 0 Å². The molecule has 1 atom stereocenters. The van der Waals surface area contributed by atoms with E-state index in [0.717, 1.165) is 10.0 Å². The van der Waals surface area contributed by atoms with Gasteiger partial charge in [0.05, 0.1) is 5.69 Å². The van der Waals surface area contributed by atoms with Gasteiger partial charge in [-0.15, -0.1) is 0 Å². The first-order valence-electron chi connectivity index (χ1n) is 4.79. The van der Waals surface area contributed by atoms with Crippen LogP contribution in [-0.4, -0.2) is 22.7 Å². The standard InChI is InChI=1S/C10H10BrClN2OS/c1-5-7(11)3-13-10(12)9(5)14-4-6(16)2-8(14)15/h3,6,16H,2,4H2,1H3. The summed E-state index contributed by atoms with van der Waals surface area (Å²) in [4.78, 5) is 17.5. The zero-order chi connectivity index (χ0) is 11.9. The summed E-state index contributed by atoms with van der Waals surface area (Å²) in [5.41, 5.74) is 1.62. The van der Waals surface area contributed by atoms with Crippen LogP contribution in [0.1, 0.15) is 12.0 Å². The summed E-state index contributed by atoms with van der Waals surface area (Å²) in [5, 5.41) is 0.429. The SMILES string of the molecule is Cc1c(Br)cnc(Cl)c1N1CC(S)CC1=O. The van der Waals surface area contributed by atoms with Crippen LogP contribution in [-0.2, 0) is 4.79 Å². The molecule has 1 amide bonds. The Morgan fingerprint density at radius 1 is 1.69 bits per heavy atom. The average Bonchev–Trinajstić information content (AvgIpc) is 2.53. The molecule has 0 aliphatic carbocycles. The fraction of sp³-hybridized carbons (Fsp3) is 0.400. The van der Waals surface area contributed by atoms with E-state index in [4.69, 9.17) is 11.6 Å². The predicted molar refractivity (Wildman–Crippen MR) is 71.4 cm³/mol. The van der Waals surface area contributed by atoms with Crippen LogP contribution < -0.4 is 4.90 Å². The Morgan fingerprint density at radius 3 is 2.94 bits per heavy atom. The first kappa shape index (κ1) is 12.2. The number of halogens is 2. The van der Waals surface area contributed by atoms with Gasteiger partial charge in [-0.25, -0.2) is 4.98 Å². The highest BCUT2D eigenvalue weighted by molar-refractivity contribution is 9.10. The number of nitrogens with zero attached hydrogens (tertiary/aromatic N) is 2. The van der Waals surface area contributed by atoms with Gasteiger partial charge in [0.1, 0.15) is 0 Å². The third kappa shape index (κ3) is 2.08. The van der Waals surface area contributed by atoms with Crippen molar-refractivity contribution >= 4 is 51.8 Å². The minimum atomic E-state index is 0.0462. The Labute approximate surface area is 113 Å². The number of aromatic nitrogens is 1. The van der Waals surface area contributed by atoms with E-state index in [9.17, 15) is 4.79 Å². The summed E-state index contributed by atoms with van der Waals surface area (Å²) in [6, 6.07) is 0. The molecule has 16 heavy (non-hydrogen) atoms. The Morgan fingerprint density at radius 2 is 2.38 bits per heavy atom. The van der Waals surface area contributed by atoms with Gasteiger partial charge in [-0.2, -0.15) is 12.6 Å². The van der Waals surface area contributed by atoms with Crippen LogP contribution in [0.3, 0.4) is 0 Å². The zero-order valence-electron chi connectivity index (χ0n) is 8.57. The number of amides is 1. The van der Waals surface area contributed by atoms with Crippen LogP contribution in [0, 0.1) is 6.92 Å². The number of rotatable bonds is 1. The Hall–Kier alpha value is -0.260. The second-order valence-corrected chi connectivity index (χ2v) is 5.68. The highest BCUT2D eigenvalue weighted by Crippen LogP contribution is 2.35. The number of carbonyl (C=O) groups is 1. The lowest BCUT2D eigenvalue weighted by molar-refractivity contribution is -0.117. The van der Waals surface area contributed by atoms with Crippen LogP contribution in [0.5, 0.6) is 0 Å². The lowest BCUT2D eigenvalue weighted by Gasteiger charge is -2.20. The number of hydrogen-bond donors (Lipinski definition) is 1. The predicted octanol–water partition coefficient (Wildman–Crippen LogP) is 2.84. The number of hydrogen-bond acceptors (Lipinski definition) is 3. The van der Waals surface area contributed by atoms with Crippen molar-refractivity contribution in [3.05, 3.63) is 21.4 Å². The van der Waals surface area contributed by atoms with E-state index in [1.807, 2.05) is 6.92 Å². The lowest BCUT2D eigenvalue weighted by Crippen LogP contribution is -2.26. The molecule has 1 aliphatic rings. The van der Waals surface area contributed by atoms with E-state index in [1.165, 1.54) is 0 Å². The molecule has 3 nitrogen and oxygen atoms in total. The fourth-order valence-corrected chi connectivity index (χ4v) is 2.66. The molecule has 0 spiro atoms. The quantitative estimate of drug-likeness (QED) is 0.637. The minimum Gasteiger partial charge on any atom is -0.308 e. The summed E-state index contributed by atoms with van der Waals surface area (Å²) in [6.07, 6.45) is 2.09. The molecule has 0 saturated carbocycles. The third-order valence-corrected chi connectivity index (χ3v) is 4.00. The molecular formula is C10H10BrClN2OS. The minimum absolute atomic E-state index is 0.0462.